The van der Waals surface area contributed by atoms with Crippen molar-refractivity contribution in [3.05, 3.63) is 23.0 Å². The second-order valence-corrected chi connectivity index (χ2v) is 7.27. The van der Waals surface area contributed by atoms with E-state index in [-0.39, 0.29) is 16.1 Å². The van der Waals surface area contributed by atoms with E-state index < -0.39 is 28.0 Å². The van der Waals surface area contributed by atoms with Crippen LogP contribution in [0.1, 0.15) is 36.8 Å². The fourth-order valence-electron chi connectivity index (χ4n) is 2.85. The highest BCUT2D eigenvalue weighted by Crippen LogP contribution is 2.28. The zero-order valence-electron chi connectivity index (χ0n) is 12.2. The standard InChI is InChI=1S/C14H21FN2O3S/c1-8-7-10(15)13(16)9(2)14(8)21(19,20)17-11-5-3-4-6-12(11)18/h7,11-12,17-18H,3-6,16H2,1-2H3/t11-,12-/m0/s1. The number of hydrogen-bond acceptors (Lipinski definition) is 4. The van der Waals surface area contributed by atoms with Crippen molar-refractivity contribution in [2.75, 3.05) is 5.73 Å². The molecule has 1 aliphatic rings. The Balaban J connectivity index is 2.38. The summed E-state index contributed by atoms with van der Waals surface area (Å²) in [5.41, 5.74) is 5.93. The van der Waals surface area contributed by atoms with Gasteiger partial charge in [-0.1, -0.05) is 12.8 Å². The van der Waals surface area contributed by atoms with E-state index in [9.17, 15) is 17.9 Å². The smallest absolute Gasteiger partial charge is 0.241 e. The molecule has 1 fully saturated rings. The van der Waals surface area contributed by atoms with Gasteiger partial charge in [0.15, 0.2) is 0 Å². The van der Waals surface area contributed by atoms with E-state index in [2.05, 4.69) is 4.72 Å². The first-order chi connectivity index (χ1) is 9.74. The van der Waals surface area contributed by atoms with Crippen LogP contribution in [0.3, 0.4) is 0 Å². The van der Waals surface area contributed by atoms with E-state index in [1.807, 2.05) is 0 Å². The summed E-state index contributed by atoms with van der Waals surface area (Å²) in [5, 5.41) is 9.90. The van der Waals surface area contributed by atoms with Crippen LogP contribution in [0.2, 0.25) is 0 Å². The zero-order chi connectivity index (χ0) is 15.8. The van der Waals surface area contributed by atoms with E-state index in [4.69, 9.17) is 5.73 Å². The Morgan fingerprint density at radius 3 is 2.57 bits per heavy atom. The summed E-state index contributed by atoms with van der Waals surface area (Å²) in [6.45, 7) is 3.01. The summed E-state index contributed by atoms with van der Waals surface area (Å²) < 4.78 is 41.2. The topological polar surface area (TPSA) is 92.4 Å². The highest BCUT2D eigenvalue weighted by molar-refractivity contribution is 7.89. The van der Waals surface area contributed by atoms with Crippen LogP contribution in [0.25, 0.3) is 0 Å². The fraction of sp³-hybridized carbons (Fsp3) is 0.571. The maximum atomic E-state index is 13.5. The summed E-state index contributed by atoms with van der Waals surface area (Å²) in [7, 11) is -3.85. The molecule has 1 aliphatic carbocycles. The monoisotopic (exact) mass is 316 g/mol. The number of halogens is 1. The molecule has 1 aromatic rings. The Bertz CT molecular complexity index is 646. The van der Waals surface area contributed by atoms with Crippen molar-refractivity contribution in [1.29, 1.82) is 0 Å². The van der Waals surface area contributed by atoms with Crippen LogP contribution in [0, 0.1) is 19.7 Å². The van der Waals surface area contributed by atoms with Crippen LogP contribution in [0.4, 0.5) is 10.1 Å². The first-order valence-corrected chi connectivity index (χ1v) is 8.48. The molecule has 7 heteroatoms. The predicted octanol–water partition coefficient (Wildman–Crippen LogP) is 1.61. The van der Waals surface area contributed by atoms with Gasteiger partial charge in [0.05, 0.1) is 16.7 Å². The van der Waals surface area contributed by atoms with Crippen molar-refractivity contribution in [1.82, 2.24) is 4.72 Å². The average Bonchev–Trinajstić information content (AvgIpc) is 2.38. The quantitative estimate of drug-likeness (QED) is 0.739. The number of hydrogen-bond donors (Lipinski definition) is 3. The van der Waals surface area contributed by atoms with E-state index in [1.54, 1.807) is 0 Å². The van der Waals surface area contributed by atoms with Gasteiger partial charge >= 0.3 is 0 Å². The zero-order valence-corrected chi connectivity index (χ0v) is 13.0. The van der Waals surface area contributed by atoms with Gasteiger partial charge in [-0.2, -0.15) is 0 Å². The number of aliphatic hydroxyl groups is 1. The molecular formula is C14H21FN2O3S. The number of nitrogen functional groups attached to an aromatic ring is 1. The Kier molecular flexibility index (Phi) is 4.55. The van der Waals surface area contributed by atoms with Gasteiger partial charge in [0.1, 0.15) is 5.82 Å². The molecule has 1 saturated carbocycles. The van der Waals surface area contributed by atoms with Gasteiger partial charge in [0.2, 0.25) is 10.0 Å². The molecule has 0 heterocycles. The number of anilines is 1. The Hall–Kier alpha value is -1.18. The molecule has 0 unspecified atom stereocenters. The first kappa shape index (κ1) is 16.2. The lowest BCUT2D eigenvalue weighted by Gasteiger charge is -2.28. The molecule has 1 aromatic carbocycles. The summed E-state index contributed by atoms with van der Waals surface area (Å²) in [4.78, 5) is -0.000765. The fourth-order valence-corrected chi connectivity index (χ4v) is 4.64. The van der Waals surface area contributed by atoms with Crippen LogP contribution in [0.5, 0.6) is 0 Å². The minimum atomic E-state index is -3.85. The lowest BCUT2D eigenvalue weighted by molar-refractivity contribution is 0.101. The normalized spacial score (nSPS) is 23.2. The summed E-state index contributed by atoms with van der Waals surface area (Å²) >= 11 is 0. The van der Waals surface area contributed by atoms with Crippen molar-refractivity contribution >= 4 is 15.7 Å². The molecule has 21 heavy (non-hydrogen) atoms. The molecule has 4 N–H and O–H groups in total. The molecule has 2 rings (SSSR count). The second kappa shape index (κ2) is 5.90. The average molecular weight is 316 g/mol. The lowest BCUT2D eigenvalue weighted by Crippen LogP contribution is -2.45. The number of nitrogens with one attached hydrogen (secondary N) is 1. The van der Waals surface area contributed by atoms with E-state index in [0.29, 0.717) is 18.4 Å². The van der Waals surface area contributed by atoms with Crippen molar-refractivity contribution in [2.24, 2.45) is 0 Å². The van der Waals surface area contributed by atoms with Gasteiger partial charge in [-0.25, -0.2) is 17.5 Å². The summed E-state index contributed by atoms with van der Waals surface area (Å²) in [5.74, 6) is -0.623. The maximum absolute atomic E-state index is 13.5. The predicted molar refractivity (Wildman–Crippen MR) is 78.9 cm³/mol. The molecule has 0 saturated heterocycles. The summed E-state index contributed by atoms with van der Waals surface area (Å²) in [6.07, 6.45) is 2.24. The molecule has 0 bridgehead atoms. The largest absolute Gasteiger partial charge is 0.396 e. The second-order valence-electron chi connectivity index (χ2n) is 5.62. The third-order valence-corrected chi connectivity index (χ3v) is 5.79. The van der Waals surface area contributed by atoms with Crippen LogP contribution in [-0.4, -0.2) is 25.7 Å². The third-order valence-electron chi connectivity index (χ3n) is 4.01. The van der Waals surface area contributed by atoms with Crippen LogP contribution < -0.4 is 10.5 Å². The van der Waals surface area contributed by atoms with Crippen LogP contribution in [-0.2, 0) is 10.0 Å². The van der Waals surface area contributed by atoms with E-state index in [1.165, 1.54) is 13.8 Å². The number of aliphatic hydroxyl groups excluding tert-OH is 1. The van der Waals surface area contributed by atoms with Gasteiger partial charge < -0.3 is 10.8 Å². The Labute approximate surface area is 124 Å². The van der Waals surface area contributed by atoms with E-state index >= 15 is 0 Å². The highest BCUT2D eigenvalue weighted by atomic mass is 32.2. The molecule has 0 aromatic heterocycles. The van der Waals surface area contributed by atoms with Crippen molar-refractivity contribution in [2.45, 2.75) is 56.6 Å². The van der Waals surface area contributed by atoms with Crippen molar-refractivity contribution in [3.63, 3.8) is 0 Å². The van der Waals surface area contributed by atoms with Crippen LogP contribution >= 0.6 is 0 Å². The number of aryl methyl sites for hydroxylation is 1. The van der Waals surface area contributed by atoms with E-state index in [0.717, 1.165) is 18.9 Å². The van der Waals surface area contributed by atoms with Gasteiger partial charge in [-0.3, -0.25) is 0 Å². The number of benzene rings is 1. The van der Waals surface area contributed by atoms with Crippen LogP contribution in [0.15, 0.2) is 11.0 Å². The minimum Gasteiger partial charge on any atom is -0.396 e. The number of nitrogens with two attached hydrogens (primary N) is 1. The molecule has 0 aliphatic heterocycles. The maximum Gasteiger partial charge on any atom is 0.241 e. The molecular weight excluding hydrogens is 295 g/mol. The highest BCUT2D eigenvalue weighted by Gasteiger charge is 2.30. The molecule has 2 atom stereocenters. The SMILES string of the molecule is Cc1cc(F)c(N)c(C)c1S(=O)(=O)N[C@H]1CCCC[C@@H]1O. The molecule has 0 radical (unpaired) electrons. The first-order valence-electron chi connectivity index (χ1n) is 6.99. The Morgan fingerprint density at radius 1 is 1.33 bits per heavy atom. The Morgan fingerprint density at radius 2 is 1.95 bits per heavy atom. The van der Waals surface area contributed by atoms with Crippen molar-refractivity contribution in [3.8, 4) is 0 Å². The van der Waals surface area contributed by atoms with Gasteiger partial charge in [-0.05, 0) is 43.9 Å². The molecule has 118 valence electrons. The molecule has 0 amide bonds. The number of sulfonamides is 1. The molecule has 0 spiro atoms. The number of rotatable bonds is 3. The lowest BCUT2D eigenvalue weighted by atomic mass is 9.93. The van der Waals surface area contributed by atoms with Gasteiger partial charge in [-0.15, -0.1) is 0 Å². The van der Waals surface area contributed by atoms with Gasteiger partial charge in [0.25, 0.3) is 0 Å². The molecule has 5 nitrogen and oxygen atoms in total. The minimum absolute atomic E-state index is 0.000765. The van der Waals surface area contributed by atoms with Crippen molar-refractivity contribution < 1.29 is 17.9 Å². The summed E-state index contributed by atoms with van der Waals surface area (Å²) in [6, 6.07) is 0.614. The van der Waals surface area contributed by atoms with Gasteiger partial charge in [0, 0.05) is 6.04 Å². The third kappa shape index (κ3) is 3.20.